The molecule has 0 atom stereocenters. The molecule has 0 aliphatic carbocycles. The van der Waals surface area contributed by atoms with Crippen LogP contribution in [0.5, 0.6) is 0 Å². The second-order valence-corrected chi connectivity index (χ2v) is 7.53. The molecule has 4 aromatic carbocycles. The predicted octanol–water partition coefficient (Wildman–Crippen LogP) is 6.94. The maximum atomic E-state index is 5.01. The predicted molar refractivity (Wildman–Crippen MR) is 151 cm³/mol. The molecule has 0 spiro atoms. The molecule has 0 bridgehead atoms. The molecule has 0 saturated heterocycles. The molecule has 37 heavy (non-hydrogen) atoms. The fourth-order valence-electron chi connectivity index (χ4n) is 2.44. The molecule has 189 valence electrons. The SMILES string of the molecule is S=C(N=Nc1ccccc1)NNc1cc[c-]cc1.S=C(N=Nc1ccccc1)NNc1cc[c-]cc1.[Cu+2]. The third kappa shape index (κ3) is 12.5. The van der Waals surface area contributed by atoms with Gasteiger partial charge in [0.05, 0.1) is 11.4 Å². The minimum atomic E-state index is 0. The largest absolute Gasteiger partial charge is 2.00 e. The molecule has 0 aliphatic heterocycles. The Bertz CT molecular complexity index is 1160. The molecule has 0 aromatic heterocycles. The van der Waals surface area contributed by atoms with Gasteiger partial charge in [-0.15, -0.1) is 44.7 Å². The van der Waals surface area contributed by atoms with Crippen LogP contribution in [0.3, 0.4) is 0 Å². The summed E-state index contributed by atoms with van der Waals surface area (Å²) in [5.41, 5.74) is 14.7. The number of rotatable bonds is 6. The number of nitrogens with zero attached hydrogens (tertiary/aromatic N) is 4. The van der Waals surface area contributed by atoms with Crippen LogP contribution in [-0.4, -0.2) is 10.2 Å². The van der Waals surface area contributed by atoms with Gasteiger partial charge in [-0.1, -0.05) is 47.8 Å². The average molecular weight is 574 g/mol. The summed E-state index contributed by atoms with van der Waals surface area (Å²) in [6.07, 6.45) is 0. The number of azo groups is 2. The molecule has 0 aliphatic rings. The van der Waals surface area contributed by atoms with Gasteiger partial charge < -0.3 is 10.9 Å². The van der Waals surface area contributed by atoms with Crippen molar-refractivity contribution in [3.05, 3.63) is 121 Å². The quantitative estimate of drug-likeness (QED) is 0.0655. The van der Waals surface area contributed by atoms with Crippen LogP contribution in [0.15, 0.2) is 130 Å². The minimum absolute atomic E-state index is 0. The third-order valence-corrected chi connectivity index (χ3v) is 4.46. The first kappa shape index (κ1) is 29.2. The van der Waals surface area contributed by atoms with E-state index in [4.69, 9.17) is 24.4 Å². The first-order chi connectivity index (χ1) is 17.7. The molecule has 0 amide bonds. The molecule has 4 N–H and O–H groups in total. The zero-order valence-electron chi connectivity index (χ0n) is 19.3. The number of nitrogens with one attached hydrogen (secondary N) is 4. The number of anilines is 2. The van der Waals surface area contributed by atoms with Crippen molar-refractivity contribution in [3.63, 3.8) is 0 Å². The number of hydrogen-bond acceptors (Lipinski definition) is 6. The second-order valence-electron chi connectivity index (χ2n) is 6.76. The van der Waals surface area contributed by atoms with E-state index in [0.29, 0.717) is 0 Å². The van der Waals surface area contributed by atoms with E-state index in [1.165, 1.54) is 0 Å². The number of hydrogen-bond donors (Lipinski definition) is 4. The van der Waals surface area contributed by atoms with Crippen LogP contribution >= 0.6 is 24.4 Å². The van der Waals surface area contributed by atoms with Gasteiger partial charge >= 0.3 is 17.1 Å². The van der Waals surface area contributed by atoms with Crippen molar-refractivity contribution < 1.29 is 17.1 Å². The summed E-state index contributed by atoms with van der Waals surface area (Å²) in [4.78, 5) is 0. The summed E-state index contributed by atoms with van der Waals surface area (Å²) in [6.45, 7) is 0. The van der Waals surface area contributed by atoms with Crippen LogP contribution in [-0.2, 0) is 17.1 Å². The molecule has 11 heteroatoms. The first-order valence-corrected chi connectivity index (χ1v) is 11.5. The van der Waals surface area contributed by atoms with Gasteiger partial charge in [-0.05, 0) is 48.7 Å². The second kappa shape index (κ2) is 17.4. The minimum Gasteiger partial charge on any atom is -0.323 e. The van der Waals surface area contributed by atoms with E-state index in [-0.39, 0.29) is 27.3 Å². The smallest absolute Gasteiger partial charge is 0.323 e. The van der Waals surface area contributed by atoms with Crippen molar-refractivity contribution in [2.75, 3.05) is 10.9 Å². The van der Waals surface area contributed by atoms with Crippen LogP contribution in [0.25, 0.3) is 0 Å². The molecule has 0 saturated carbocycles. The Morgan fingerprint density at radius 2 is 0.892 bits per heavy atom. The average Bonchev–Trinajstić information content (AvgIpc) is 2.95. The molecule has 8 nitrogen and oxygen atoms in total. The van der Waals surface area contributed by atoms with E-state index in [0.717, 1.165) is 22.7 Å². The Kier molecular flexibility index (Phi) is 13.7. The maximum absolute atomic E-state index is 5.01. The third-order valence-electron chi connectivity index (χ3n) is 4.09. The molecule has 0 unspecified atom stereocenters. The van der Waals surface area contributed by atoms with E-state index in [2.05, 4.69) is 54.3 Å². The van der Waals surface area contributed by atoms with Crippen LogP contribution in [0.1, 0.15) is 0 Å². The zero-order valence-corrected chi connectivity index (χ0v) is 21.9. The Morgan fingerprint density at radius 3 is 1.24 bits per heavy atom. The Hall–Kier alpha value is -4.02. The molecule has 4 aromatic rings. The maximum Gasteiger partial charge on any atom is 2.00 e. The van der Waals surface area contributed by atoms with Crippen molar-refractivity contribution >= 4 is 57.4 Å². The normalized spacial score (nSPS) is 9.95. The number of hydrazine groups is 2. The van der Waals surface area contributed by atoms with Crippen LogP contribution in [0, 0.1) is 12.1 Å². The van der Waals surface area contributed by atoms with Gasteiger partial charge in [0.2, 0.25) is 10.2 Å². The van der Waals surface area contributed by atoms with Gasteiger partial charge in [-0.2, -0.15) is 36.4 Å². The van der Waals surface area contributed by atoms with Gasteiger partial charge in [-0.25, -0.2) is 0 Å². The Morgan fingerprint density at radius 1 is 0.541 bits per heavy atom. The van der Waals surface area contributed by atoms with Crippen LogP contribution in [0.4, 0.5) is 22.7 Å². The van der Waals surface area contributed by atoms with Crippen molar-refractivity contribution in [2.45, 2.75) is 0 Å². The molecule has 0 fully saturated rings. The molecular formula is C26H22CuN8S2. The fraction of sp³-hybridized carbons (Fsp3) is 0. The molecule has 4 rings (SSSR count). The summed E-state index contributed by atoms with van der Waals surface area (Å²) in [5.74, 6) is 0. The summed E-state index contributed by atoms with van der Waals surface area (Å²) >= 11 is 10.0. The van der Waals surface area contributed by atoms with Crippen LogP contribution < -0.4 is 21.7 Å². The van der Waals surface area contributed by atoms with Gasteiger partial charge in [0.15, 0.2) is 0 Å². The summed E-state index contributed by atoms with van der Waals surface area (Å²) in [7, 11) is 0. The van der Waals surface area contributed by atoms with Crippen LogP contribution in [0.2, 0.25) is 0 Å². The molecule has 1 radical (unpaired) electrons. The van der Waals surface area contributed by atoms with E-state index in [1.807, 2.05) is 84.9 Å². The Labute approximate surface area is 237 Å². The summed E-state index contributed by atoms with van der Waals surface area (Å²) < 4.78 is 0. The van der Waals surface area contributed by atoms with Gasteiger partial charge in [0.1, 0.15) is 0 Å². The topological polar surface area (TPSA) is 97.6 Å². The standard InChI is InChI=1S/2C13H11N4S.Cu/c2*18-13(16-14-11-7-3-1-4-8-11)17-15-12-9-5-2-6-10-12;/h2*1,3-10,15H,(H,17,18);/q2*-1;+2. The monoisotopic (exact) mass is 573 g/mol. The van der Waals surface area contributed by atoms with E-state index in [9.17, 15) is 0 Å². The summed E-state index contributed by atoms with van der Waals surface area (Å²) in [6, 6.07) is 39.4. The van der Waals surface area contributed by atoms with E-state index < -0.39 is 0 Å². The van der Waals surface area contributed by atoms with Gasteiger partial charge in [0.25, 0.3) is 0 Å². The van der Waals surface area contributed by atoms with Crippen molar-refractivity contribution in [1.29, 1.82) is 0 Å². The van der Waals surface area contributed by atoms with Crippen molar-refractivity contribution in [3.8, 4) is 0 Å². The Balaban J connectivity index is 0.000000253. The summed E-state index contributed by atoms with van der Waals surface area (Å²) in [5, 5.41) is 16.3. The number of benzene rings is 4. The van der Waals surface area contributed by atoms with Crippen molar-refractivity contribution in [1.82, 2.24) is 10.9 Å². The first-order valence-electron chi connectivity index (χ1n) is 10.7. The molecular weight excluding hydrogens is 552 g/mol. The van der Waals surface area contributed by atoms with E-state index >= 15 is 0 Å². The van der Waals surface area contributed by atoms with Crippen molar-refractivity contribution in [2.24, 2.45) is 20.5 Å². The van der Waals surface area contributed by atoms with Gasteiger partial charge in [-0.3, -0.25) is 10.9 Å². The fourth-order valence-corrected chi connectivity index (χ4v) is 2.62. The van der Waals surface area contributed by atoms with E-state index in [1.54, 1.807) is 24.3 Å². The zero-order chi connectivity index (χ0) is 25.3. The molecule has 0 heterocycles. The van der Waals surface area contributed by atoms with Gasteiger partial charge in [0, 0.05) is 0 Å². The number of thiocarbonyl (C=S) groups is 2.